The van der Waals surface area contributed by atoms with Gasteiger partial charge in [-0.25, -0.2) is 4.79 Å². The molecule has 0 bridgehead atoms. The van der Waals surface area contributed by atoms with Gasteiger partial charge >= 0.3 is 5.97 Å². The number of esters is 1. The second-order valence-corrected chi connectivity index (χ2v) is 9.73. The highest BCUT2D eigenvalue weighted by molar-refractivity contribution is 5.78. The van der Waals surface area contributed by atoms with Gasteiger partial charge in [-0.15, -0.1) is 0 Å². The van der Waals surface area contributed by atoms with E-state index in [0.717, 1.165) is 5.56 Å². The van der Waals surface area contributed by atoms with E-state index in [0.29, 0.717) is 43.4 Å². The van der Waals surface area contributed by atoms with E-state index in [2.05, 4.69) is 29.3 Å². The quantitative estimate of drug-likeness (QED) is 0.138. The summed E-state index contributed by atoms with van der Waals surface area (Å²) in [5, 5.41) is 0. The van der Waals surface area contributed by atoms with Crippen LogP contribution in [0.15, 0.2) is 53.5 Å². The Morgan fingerprint density at radius 3 is 2.06 bits per heavy atom. The summed E-state index contributed by atoms with van der Waals surface area (Å²) in [6, 6.07) is 15.2. The van der Waals surface area contributed by atoms with Crippen molar-refractivity contribution < 1.29 is 14.3 Å². The van der Waals surface area contributed by atoms with E-state index in [-0.39, 0.29) is 5.96 Å². The Morgan fingerprint density at radius 1 is 0.861 bits per heavy atom. The molecule has 6 N–H and O–H groups in total. The SMILES string of the molecule is NC(N)=NCCCC(N)C(=O)Oc1ccc(OCc2ccc(C3CCCCCCCCC3)cc2)cc1. The summed E-state index contributed by atoms with van der Waals surface area (Å²) in [5.74, 6) is 1.37. The highest BCUT2D eigenvalue weighted by atomic mass is 16.5. The molecule has 3 rings (SSSR count). The summed E-state index contributed by atoms with van der Waals surface area (Å²) in [7, 11) is 0. The third-order valence-corrected chi connectivity index (χ3v) is 6.77. The molecule has 0 heterocycles. The molecule has 0 aromatic heterocycles. The van der Waals surface area contributed by atoms with Crippen molar-refractivity contribution in [1.82, 2.24) is 0 Å². The number of guanidine groups is 1. The molecule has 1 saturated carbocycles. The number of carbonyl (C=O) groups is 1. The molecule has 1 atom stereocenters. The van der Waals surface area contributed by atoms with Gasteiger partial charge in [0.2, 0.25) is 0 Å². The summed E-state index contributed by atoms with van der Waals surface area (Å²) < 4.78 is 11.3. The molecule has 0 saturated heterocycles. The van der Waals surface area contributed by atoms with Crippen LogP contribution in [0.1, 0.15) is 87.7 Å². The second kappa shape index (κ2) is 15.1. The number of benzene rings is 2. The van der Waals surface area contributed by atoms with Gasteiger partial charge in [-0.3, -0.25) is 4.99 Å². The first-order valence-electron chi connectivity index (χ1n) is 13.4. The van der Waals surface area contributed by atoms with Gasteiger partial charge in [0.15, 0.2) is 5.96 Å². The highest BCUT2D eigenvalue weighted by Crippen LogP contribution is 2.30. The lowest BCUT2D eigenvalue weighted by molar-refractivity contribution is -0.136. The fourth-order valence-corrected chi connectivity index (χ4v) is 4.63. The third kappa shape index (κ3) is 9.90. The van der Waals surface area contributed by atoms with Gasteiger partial charge in [-0.05, 0) is 67.0 Å². The first kappa shape index (κ1) is 27.5. The predicted molar refractivity (Wildman–Crippen MR) is 145 cm³/mol. The number of aliphatic imine (C=N–C) groups is 1. The lowest BCUT2D eigenvalue weighted by Crippen LogP contribution is -2.34. The zero-order valence-electron chi connectivity index (χ0n) is 21.4. The lowest BCUT2D eigenvalue weighted by atomic mass is 9.87. The number of ether oxygens (including phenoxy) is 2. The monoisotopic (exact) mass is 494 g/mol. The molecule has 7 heteroatoms. The van der Waals surface area contributed by atoms with Crippen LogP contribution in [0.25, 0.3) is 0 Å². The van der Waals surface area contributed by atoms with Crippen LogP contribution in [0, 0.1) is 0 Å². The lowest BCUT2D eigenvalue weighted by Gasteiger charge is -2.19. The van der Waals surface area contributed by atoms with E-state index in [1.54, 1.807) is 24.3 Å². The van der Waals surface area contributed by atoms with Crippen LogP contribution in [-0.2, 0) is 11.4 Å². The molecule has 0 amide bonds. The highest BCUT2D eigenvalue weighted by Gasteiger charge is 2.16. The van der Waals surface area contributed by atoms with Crippen molar-refractivity contribution in [2.24, 2.45) is 22.2 Å². The zero-order valence-corrected chi connectivity index (χ0v) is 21.4. The molecular weight excluding hydrogens is 452 g/mol. The predicted octanol–water partition coefficient (Wildman–Crippen LogP) is 5.16. The van der Waals surface area contributed by atoms with Crippen LogP contribution in [0.3, 0.4) is 0 Å². The molecule has 1 aliphatic carbocycles. The van der Waals surface area contributed by atoms with Gasteiger partial charge in [0.1, 0.15) is 24.1 Å². The number of rotatable bonds is 10. The Balaban J connectivity index is 1.43. The number of hydrogen-bond donors (Lipinski definition) is 3. The van der Waals surface area contributed by atoms with Crippen LogP contribution >= 0.6 is 0 Å². The summed E-state index contributed by atoms with van der Waals surface area (Å²) in [5.41, 5.74) is 19.1. The second-order valence-electron chi connectivity index (χ2n) is 9.73. The van der Waals surface area contributed by atoms with Crippen LogP contribution in [-0.4, -0.2) is 24.5 Å². The minimum atomic E-state index is -0.727. The Bertz CT molecular complexity index is 930. The molecule has 1 aliphatic rings. The van der Waals surface area contributed by atoms with Crippen molar-refractivity contribution in [3.05, 3.63) is 59.7 Å². The molecule has 2 aromatic carbocycles. The van der Waals surface area contributed by atoms with Gasteiger partial charge in [0.05, 0.1) is 0 Å². The summed E-state index contributed by atoms with van der Waals surface area (Å²) in [6.45, 7) is 0.920. The van der Waals surface area contributed by atoms with Gasteiger partial charge in [0.25, 0.3) is 0 Å². The molecule has 1 unspecified atom stereocenters. The van der Waals surface area contributed by atoms with Crippen molar-refractivity contribution in [3.8, 4) is 11.5 Å². The Kier molecular flexibility index (Phi) is 11.6. The number of hydrogen-bond acceptors (Lipinski definition) is 5. The summed E-state index contributed by atoms with van der Waals surface area (Å²) >= 11 is 0. The van der Waals surface area contributed by atoms with Crippen molar-refractivity contribution in [1.29, 1.82) is 0 Å². The molecule has 36 heavy (non-hydrogen) atoms. The Morgan fingerprint density at radius 2 is 1.44 bits per heavy atom. The maximum atomic E-state index is 12.2. The van der Waals surface area contributed by atoms with Gasteiger partial charge in [-0.2, -0.15) is 0 Å². The van der Waals surface area contributed by atoms with E-state index >= 15 is 0 Å². The molecule has 2 aromatic rings. The number of nitrogens with two attached hydrogens (primary N) is 3. The smallest absolute Gasteiger partial charge is 0.328 e. The molecular formula is C29H42N4O3. The topological polar surface area (TPSA) is 126 Å². The van der Waals surface area contributed by atoms with Crippen molar-refractivity contribution >= 4 is 11.9 Å². The molecule has 0 spiro atoms. The van der Waals surface area contributed by atoms with E-state index in [4.69, 9.17) is 26.7 Å². The first-order valence-corrected chi connectivity index (χ1v) is 13.4. The average molecular weight is 495 g/mol. The molecule has 196 valence electrons. The van der Waals surface area contributed by atoms with Crippen LogP contribution in [0.5, 0.6) is 11.5 Å². The largest absolute Gasteiger partial charge is 0.489 e. The van der Waals surface area contributed by atoms with E-state index in [1.807, 2.05) is 0 Å². The molecule has 7 nitrogen and oxygen atoms in total. The third-order valence-electron chi connectivity index (χ3n) is 6.77. The first-order chi connectivity index (χ1) is 17.5. The minimum Gasteiger partial charge on any atom is -0.489 e. The maximum absolute atomic E-state index is 12.2. The van der Waals surface area contributed by atoms with Gasteiger partial charge in [-0.1, -0.05) is 69.2 Å². The molecule has 0 radical (unpaired) electrons. The fraction of sp³-hybridized carbons (Fsp3) is 0.517. The number of nitrogens with zero attached hydrogens (tertiary/aromatic N) is 1. The van der Waals surface area contributed by atoms with Crippen LogP contribution < -0.4 is 26.7 Å². The van der Waals surface area contributed by atoms with Crippen molar-refractivity contribution in [2.75, 3.05) is 6.54 Å². The van der Waals surface area contributed by atoms with E-state index in [1.165, 1.54) is 63.4 Å². The minimum absolute atomic E-state index is 0.0290. The molecule has 1 fully saturated rings. The Labute approximate surface area is 215 Å². The van der Waals surface area contributed by atoms with Gasteiger partial charge in [0, 0.05) is 6.54 Å². The maximum Gasteiger partial charge on any atom is 0.328 e. The van der Waals surface area contributed by atoms with Crippen molar-refractivity contribution in [3.63, 3.8) is 0 Å². The molecule has 0 aliphatic heterocycles. The fourth-order valence-electron chi connectivity index (χ4n) is 4.63. The zero-order chi connectivity index (χ0) is 25.6. The summed E-state index contributed by atoms with van der Waals surface area (Å²) in [6.07, 6.45) is 13.2. The standard InChI is InChI=1S/C29H42N4O3/c30-27(11-8-20-33-29(31)32)28(34)36-26-18-16-25(17-19-26)35-21-22-12-14-24(15-13-22)23-9-6-4-2-1-3-5-7-10-23/h12-19,23,27H,1-11,20-21,30H2,(H4,31,32,33). The van der Waals surface area contributed by atoms with Crippen molar-refractivity contribution in [2.45, 2.75) is 89.2 Å². The average Bonchev–Trinajstić information content (AvgIpc) is 2.89. The van der Waals surface area contributed by atoms with Crippen LogP contribution in [0.2, 0.25) is 0 Å². The normalized spacial score (nSPS) is 16.0. The Hall–Kier alpha value is -3.06. The number of carbonyl (C=O) groups excluding carboxylic acids is 1. The van der Waals surface area contributed by atoms with E-state index in [9.17, 15) is 4.79 Å². The summed E-state index contributed by atoms with van der Waals surface area (Å²) in [4.78, 5) is 16.1. The van der Waals surface area contributed by atoms with Crippen LogP contribution in [0.4, 0.5) is 0 Å². The van der Waals surface area contributed by atoms with E-state index < -0.39 is 12.0 Å². The van der Waals surface area contributed by atoms with Gasteiger partial charge < -0.3 is 26.7 Å².